The molecule has 4 nitrogen and oxygen atoms in total. The molecule has 2 unspecified atom stereocenters. The van der Waals surface area contributed by atoms with Crippen LogP contribution in [0.1, 0.15) is 264 Å². The number of nitrogens with one attached hydrogen (secondary N) is 1. The van der Waals surface area contributed by atoms with Crippen LogP contribution in [0.4, 0.5) is 0 Å². The van der Waals surface area contributed by atoms with E-state index in [1.807, 2.05) is 0 Å². The molecule has 0 fully saturated rings. The van der Waals surface area contributed by atoms with Crippen LogP contribution < -0.4 is 5.32 Å². The molecule has 0 bridgehead atoms. The maximum Gasteiger partial charge on any atom is 0.220 e. The van der Waals surface area contributed by atoms with E-state index in [4.69, 9.17) is 0 Å². The zero-order valence-electron chi connectivity index (χ0n) is 43.0. The Morgan fingerprint density at radius 3 is 1.02 bits per heavy atom. The molecule has 2 atom stereocenters. The number of hydrogen-bond acceptors (Lipinski definition) is 3. The molecule has 0 aromatic heterocycles. The fourth-order valence-electron chi connectivity index (χ4n) is 8.14. The number of carbonyl (C=O) groups is 1. The molecule has 0 spiro atoms. The van der Waals surface area contributed by atoms with Crippen LogP contribution in [-0.2, 0) is 4.79 Å². The third-order valence-corrected chi connectivity index (χ3v) is 12.4. The molecule has 4 heteroatoms. The van der Waals surface area contributed by atoms with Gasteiger partial charge >= 0.3 is 0 Å². The van der Waals surface area contributed by atoms with Crippen molar-refractivity contribution in [3.63, 3.8) is 0 Å². The van der Waals surface area contributed by atoms with Crippen LogP contribution in [0.25, 0.3) is 0 Å². The summed E-state index contributed by atoms with van der Waals surface area (Å²) in [4.78, 5) is 12.5. The Morgan fingerprint density at radius 2 is 0.677 bits per heavy atom. The molecule has 0 saturated heterocycles. The Labute approximate surface area is 404 Å². The van der Waals surface area contributed by atoms with E-state index in [2.05, 4.69) is 116 Å². The summed E-state index contributed by atoms with van der Waals surface area (Å²) < 4.78 is 0. The summed E-state index contributed by atoms with van der Waals surface area (Å²) >= 11 is 0. The maximum atomic E-state index is 12.5. The van der Waals surface area contributed by atoms with Gasteiger partial charge in [-0.1, -0.05) is 278 Å². The van der Waals surface area contributed by atoms with E-state index in [0.717, 1.165) is 77.0 Å². The first-order valence-corrected chi connectivity index (χ1v) is 27.9. The molecule has 0 aliphatic heterocycles. The molecule has 0 aromatic carbocycles. The summed E-state index contributed by atoms with van der Waals surface area (Å²) in [5.74, 6) is -0.0355. The van der Waals surface area contributed by atoms with Crippen LogP contribution in [0.2, 0.25) is 0 Å². The first-order valence-electron chi connectivity index (χ1n) is 27.9. The van der Waals surface area contributed by atoms with E-state index in [0.29, 0.717) is 12.8 Å². The fourth-order valence-corrected chi connectivity index (χ4v) is 8.14. The van der Waals surface area contributed by atoms with Crippen molar-refractivity contribution in [1.29, 1.82) is 0 Å². The zero-order valence-corrected chi connectivity index (χ0v) is 43.0. The molecule has 3 N–H and O–H groups in total. The predicted octanol–water partition coefficient (Wildman–Crippen LogP) is 18.5. The summed E-state index contributed by atoms with van der Waals surface area (Å²) in [5, 5.41) is 23.3. The minimum Gasteiger partial charge on any atom is -0.394 e. The van der Waals surface area contributed by atoms with Gasteiger partial charge in [-0.2, -0.15) is 0 Å². The van der Waals surface area contributed by atoms with Crippen molar-refractivity contribution >= 4 is 5.91 Å². The highest BCUT2D eigenvalue weighted by Gasteiger charge is 2.20. The van der Waals surface area contributed by atoms with Crippen LogP contribution >= 0.6 is 0 Å². The average Bonchev–Trinajstić information content (AvgIpc) is 3.31. The highest BCUT2D eigenvalue weighted by atomic mass is 16.3. The second-order valence-corrected chi connectivity index (χ2v) is 18.6. The van der Waals surface area contributed by atoms with E-state index in [9.17, 15) is 15.0 Å². The molecule has 0 aliphatic carbocycles. The first-order chi connectivity index (χ1) is 32.2. The van der Waals surface area contributed by atoms with Crippen molar-refractivity contribution < 1.29 is 15.0 Å². The highest BCUT2D eigenvalue weighted by Crippen LogP contribution is 2.16. The van der Waals surface area contributed by atoms with Crippen molar-refractivity contribution in [2.24, 2.45) is 0 Å². The van der Waals surface area contributed by atoms with Gasteiger partial charge in [0.1, 0.15) is 0 Å². The summed E-state index contributed by atoms with van der Waals surface area (Å²) in [6, 6.07) is -0.542. The molecular weight excluding hydrogens is 795 g/mol. The lowest BCUT2D eigenvalue weighted by atomic mass is 10.0. The van der Waals surface area contributed by atoms with Gasteiger partial charge < -0.3 is 15.5 Å². The Kier molecular flexibility index (Phi) is 53.3. The van der Waals surface area contributed by atoms with Crippen LogP contribution in [0, 0.1) is 0 Å². The quantitative estimate of drug-likeness (QED) is 0.0421. The molecule has 0 heterocycles. The van der Waals surface area contributed by atoms with Gasteiger partial charge in [-0.25, -0.2) is 0 Å². The van der Waals surface area contributed by atoms with Gasteiger partial charge in [0.15, 0.2) is 0 Å². The number of rotatable bonds is 50. The third kappa shape index (κ3) is 52.1. The largest absolute Gasteiger partial charge is 0.394 e. The standard InChI is InChI=1S/C61H107NO3/c1-3-5-7-9-11-13-15-17-19-21-22-23-24-25-26-27-28-29-30-31-32-33-34-35-36-37-38-39-40-41-43-45-47-49-51-53-55-57-61(65)62-59(58-63)60(64)56-54-52-50-48-46-44-42-20-18-16-14-12-10-8-6-4-2/h5,7,11,13,17,19,22-23,25-26,28-29,31-32,34-35,59-60,63-64H,3-4,6,8-10,12,14-16,18,20-21,24,27,30,33,36-58H2,1-2H3,(H,62,65)/b7-5-,13-11-,19-17-,23-22-,26-25-,29-28-,32-31-,35-34-. The SMILES string of the molecule is CC/C=C\C/C=C\C/C=C\C/C=C\C/C=C\C/C=C\C/C=C\C/C=C\CCCCCCCCCCCCCCC(=O)NC(CO)C(O)CCCCCCCCCCCCCCCCCC. The second-order valence-electron chi connectivity index (χ2n) is 18.6. The van der Waals surface area contributed by atoms with Crippen LogP contribution in [-0.4, -0.2) is 34.9 Å². The molecule has 0 aromatic rings. The Balaban J connectivity index is 3.53. The highest BCUT2D eigenvalue weighted by molar-refractivity contribution is 5.76. The zero-order chi connectivity index (χ0) is 47.0. The maximum absolute atomic E-state index is 12.5. The Bertz CT molecular complexity index is 1210. The monoisotopic (exact) mass is 902 g/mol. The van der Waals surface area contributed by atoms with Crippen molar-refractivity contribution in [2.75, 3.05) is 6.61 Å². The number of carbonyl (C=O) groups excluding carboxylic acids is 1. The number of amides is 1. The van der Waals surface area contributed by atoms with E-state index in [-0.39, 0.29) is 12.5 Å². The number of aliphatic hydroxyl groups is 2. The van der Waals surface area contributed by atoms with Gasteiger partial charge in [-0.05, 0) is 77.0 Å². The normalized spacial score (nSPS) is 13.6. The summed E-state index contributed by atoms with van der Waals surface area (Å²) in [6.45, 7) is 4.25. The van der Waals surface area contributed by atoms with Crippen molar-refractivity contribution in [3.8, 4) is 0 Å². The summed E-state index contributed by atoms with van der Waals surface area (Å²) in [7, 11) is 0. The number of aliphatic hydroxyl groups excluding tert-OH is 2. The fraction of sp³-hybridized carbons (Fsp3) is 0.721. The van der Waals surface area contributed by atoms with Crippen LogP contribution in [0.3, 0.4) is 0 Å². The number of hydrogen-bond donors (Lipinski definition) is 3. The van der Waals surface area contributed by atoms with Gasteiger partial charge in [-0.3, -0.25) is 4.79 Å². The molecule has 0 aliphatic rings. The topological polar surface area (TPSA) is 69.6 Å². The third-order valence-electron chi connectivity index (χ3n) is 12.4. The van der Waals surface area contributed by atoms with Crippen LogP contribution in [0.5, 0.6) is 0 Å². The van der Waals surface area contributed by atoms with E-state index in [1.165, 1.54) is 161 Å². The smallest absolute Gasteiger partial charge is 0.220 e. The molecule has 1 amide bonds. The van der Waals surface area contributed by atoms with E-state index in [1.54, 1.807) is 0 Å². The number of allylic oxidation sites excluding steroid dienone is 16. The minimum atomic E-state index is -0.665. The first kappa shape index (κ1) is 62.3. The second kappa shape index (κ2) is 55.6. The van der Waals surface area contributed by atoms with Crippen LogP contribution in [0.15, 0.2) is 97.2 Å². The lowest BCUT2D eigenvalue weighted by molar-refractivity contribution is -0.123. The van der Waals surface area contributed by atoms with Gasteiger partial charge in [-0.15, -0.1) is 0 Å². The van der Waals surface area contributed by atoms with E-state index >= 15 is 0 Å². The Hall–Kier alpha value is -2.69. The van der Waals surface area contributed by atoms with Crippen molar-refractivity contribution in [3.05, 3.63) is 97.2 Å². The predicted molar refractivity (Wildman–Crippen MR) is 290 cm³/mol. The molecule has 65 heavy (non-hydrogen) atoms. The van der Waals surface area contributed by atoms with Gasteiger partial charge in [0.05, 0.1) is 18.8 Å². The molecular formula is C61H107NO3. The molecule has 0 radical (unpaired) electrons. The minimum absolute atomic E-state index is 0.0355. The van der Waals surface area contributed by atoms with Gasteiger partial charge in [0.2, 0.25) is 5.91 Å². The summed E-state index contributed by atoms with van der Waals surface area (Å²) in [6.07, 6.45) is 82.4. The number of unbranched alkanes of at least 4 members (excludes halogenated alkanes) is 27. The average molecular weight is 903 g/mol. The molecule has 0 rings (SSSR count). The molecule has 0 saturated carbocycles. The molecule has 374 valence electrons. The van der Waals surface area contributed by atoms with Crippen molar-refractivity contribution in [2.45, 2.75) is 276 Å². The van der Waals surface area contributed by atoms with Gasteiger partial charge in [0, 0.05) is 6.42 Å². The lowest BCUT2D eigenvalue weighted by Gasteiger charge is -2.22. The lowest BCUT2D eigenvalue weighted by Crippen LogP contribution is -2.45. The van der Waals surface area contributed by atoms with Crippen molar-refractivity contribution in [1.82, 2.24) is 5.32 Å². The Morgan fingerprint density at radius 1 is 0.385 bits per heavy atom. The van der Waals surface area contributed by atoms with E-state index < -0.39 is 12.1 Å². The van der Waals surface area contributed by atoms with Gasteiger partial charge in [0.25, 0.3) is 0 Å². The summed E-state index contributed by atoms with van der Waals surface area (Å²) in [5.41, 5.74) is 0.